The van der Waals surface area contributed by atoms with Crippen molar-refractivity contribution in [2.45, 2.75) is 11.9 Å². The van der Waals surface area contributed by atoms with E-state index in [0.29, 0.717) is 12.4 Å². The fourth-order valence-electron chi connectivity index (χ4n) is 1.31. The zero-order valence-corrected chi connectivity index (χ0v) is 11.4. The number of aromatic nitrogens is 2. The van der Waals surface area contributed by atoms with E-state index in [1.807, 2.05) is 0 Å². The molecule has 0 aliphatic carbocycles. The van der Waals surface area contributed by atoms with E-state index in [9.17, 15) is 8.42 Å². The number of nitrogens with one attached hydrogen (secondary N) is 1. The molecule has 0 saturated heterocycles. The summed E-state index contributed by atoms with van der Waals surface area (Å²) in [4.78, 5) is 6.59. The summed E-state index contributed by atoms with van der Waals surface area (Å²) < 4.78 is 30.5. The molecule has 1 aromatic rings. The van der Waals surface area contributed by atoms with Crippen LogP contribution in [0.2, 0.25) is 0 Å². The third-order valence-electron chi connectivity index (χ3n) is 2.18. The Morgan fingerprint density at radius 3 is 2.71 bits per heavy atom. The highest BCUT2D eigenvalue weighted by Gasteiger charge is 2.25. The Balaban J connectivity index is 2.91. The molecule has 0 unspecified atom stereocenters. The Morgan fingerprint density at radius 1 is 1.53 bits per heavy atom. The second-order valence-corrected chi connectivity index (χ2v) is 5.70. The van der Waals surface area contributed by atoms with Gasteiger partial charge in [0.1, 0.15) is 5.82 Å². The summed E-state index contributed by atoms with van der Waals surface area (Å²) in [5.41, 5.74) is 0. The standard InChI is InChI=1S/C9H16ClN3O3S/c1-8-11-7-9(12-8)17(14,15)13(4-3-10)5-6-16-2/h7H,3-6H2,1-2H3,(H,11,12). The van der Waals surface area contributed by atoms with Crippen LogP contribution in [0.5, 0.6) is 0 Å². The van der Waals surface area contributed by atoms with Crippen LogP contribution >= 0.6 is 11.6 Å². The smallest absolute Gasteiger partial charge is 0.260 e. The van der Waals surface area contributed by atoms with Crippen LogP contribution in [0.15, 0.2) is 11.2 Å². The van der Waals surface area contributed by atoms with Crippen LogP contribution in [-0.2, 0) is 14.8 Å². The highest BCUT2D eigenvalue weighted by molar-refractivity contribution is 7.89. The molecular weight excluding hydrogens is 266 g/mol. The van der Waals surface area contributed by atoms with Gasteiger partial charge in [0.2, 0.25) is 0 Å². The number of imidazole rings is 1. The first kappa shape index (κ1) is 14.4. The van der Waals surface area contributed by atoms with Gasteiger partial charge in [-0.05, 0) is 6.92 Å². The van der Waals surface area contributed by atoms with Gasteiger partial charge < -0.3 is 9.72 Å². The predicted octanol–water partition coefficient (Wildman–Crippen LogP) is 0.594. The van der Waals surface area contributed by atoms with Crippen LogP contribution in [0.4, 0.5) is 0 Å². The molecule has 0 aliphatic heterocycles. The number of aromatic amines is 1. The van der Waals surface area contributed by atoms with Gasteiger partial charge in [0.05, 0.1) is 12.8 Å². The molecule has 1 N–H and O–H groups in total. The van der Waals surface area contributed by atoms with Crippen LogP contribution in [0.25, 0.3) is 0 Å². The summed E-state index contributed by atoms with van der Waals surface area (Å²) in [5.74, 6) is 0.789. The van der Waals surface area contributed by atoms with Gasteiger partial charge in [-0.15, -0.1) is 11.6 Å². The van der Waals surface area contributed by atoms with Crippen molar-refractivity contribution in [2.24, 2.45) is 0 Å². The Labute approximate surface area is 106 Å². The zero-order chi connectivity index (χ0) is 12.9. The van der Waals surface area contributed by atoms with Gasteiger partial charge in [-0.3, -0.25) is 0 Å². The number of aryl methyl sites for hydroxylation is 1. The number of H-pyrrole nitrogens is 1. The van der Waals surface area contributed by atoms with Crippen LogP contribution in [-0.4, -0.2) is 55.4 Å². The molecule has 0 bridgehead atoms. The first-order chi connectivity index (χ1) is 8.02. The van der Waals surface area contributed by atoms with Gasteiger partial charge >= 0.3 is 0 Å². The van der Waals surface area contributed by atoms with Crippen molar-refractivity contribution in [1.29, 1.82) is 0 Å². The molecule has 0 radical (unpaired) electrons. The number of ether oxygens (including phenoxy) is 1. The second kappa shape index (κ2) is 6.34. The maximum Gasteiger partial charge on any atom is 0.260 e. The third-order valence-corrected chi connectivity index (χ3v) is 4.15. The van der Waals surface area contributed by atoms with E-state index >= 15 is 0 Å². The predicted molar refractivity (Wildman–Crippen MR) is 64.7 cm³/mol. The minimum absolute atomic E-state index is 0.0798. The maximum atomic E-state index is 12.2. The molecule has 1 heterocycles. The van der Waals surface area contributed by atoms with Gasteiger partial charge in [0, 0.05) is 26.1 Å². The SMILES string of the molecule is COCCN(CCCl)S(=O)(=O)c1cnc(C)[nH]1. The normalized spacial score (nSPS) is 12.2. The molecule has 1 rings (SSSR count). The molecule has 8 heteroatoms. The highest BCUT2D eigenvalue weighted by atomic mass is 35.5. The zero-order valence-electron chi connectivity index (χ0n) is 9.81. The number of hydrogen-bond donors (Lipinski definition) is 1. The molecule has 1 aromatic heterocycles. The maximum absolute atomic E-state index is 12.2. The largest absolute Gasteiger partial charge is 0.383 e. The van der Waals surface area contributed by atoms with E-state index in [0.717, 1.165) is 0 Å². The van der Waals surface area contributed by atoms with E-state index in [2.05, 4.69) is 9.97 Å². The average Bonchev–Trinajstić information content (AvgIpc) is 2.71. The van der Waals surface area contributed by atoms with Crippen LogP contribution in [0.1, 0.15) is 5.82 Å². The lowest BCUT2D eigenvalue weighted by Crippen LogP contribution is -2.35. The molecule has 0 fully saturated rings. The van der Waals surface area contributed by atoms with Crippen LogP contribution < -0.4 is 0 Å². The molecule has 0 saturated carbocycles. The number of alkyl halides is 1. The summed E-state index contributed by atoms with van der Waals surface area (Å²) >= 11 is 5.60. The molecule has 0 amide bonds. The minimum Gasteiger partial charge on any atom is -0.383 e. The topological polar surface area (TPSA) is 75.3 Å². The van der Waals surface area contributed by atoms with Gasteiger partial charge in [0.25, 0.3) is 10.0 Å². The molecule has 17 heavy (non-hydrogen) atoms. The van der Waals surface area contributed by atoms with Gasteiger partial charge in [0.15, 0.2) is 5.03 Å². The summed E-state index contributed by atoms with van der Waals surface area (Å²) in [7, 11) is -2.04. The van der Waals surface area contributed by atoms with Crippen molar-refractivity contribution in [1.82, 2.24) is 14.3 Å². The van der Waals surface area contributed by atoms with E-state index in [4.69, 9.17) is 16.3 Å². The van der Waals surface area contributed by atoms with E-state index in [1.165, 1.54) is 17.6 Å². The first-order valence-electron chi connectivity index (χ1n) is 5.09. The van der Waals surface area contributed by atoms with Crippen molar-refractivity contribution in [3.63, 3.8) is 0 Å². The van der Waals surface area contributed by atoms with Crippen molar-refractivity contribution in [3.8, 4) is 0 Å². The summed E-state index contributed by atoms with van der Waals surface area (Å²) in [5, 5.41) is 0.0798. The number of nitrogens with zero attached hydrogens (tertiary/aromatic N) is 2. The molecular formula is C9H16ClN3O3S. The lowest BCUT2D eigenvalue weighted by Gasteiger charge is -2.19. The molecule has 6 nitrogen and oxygen atoms in total. The fraction of sp³-hybridized carbons (Fsp3) is 0.667. The van der Waals surface area contributed by atoms with E-state index in [-0.39, 0.29) is 24.0 Å². The lowest BCUT2D eigenvalue weighted by molar-refractivity contribution is 0.180. The fourth-order valence-corrected chi connectivity index (χ4v) is 3.00. The third kappa shape index (κ3) is 3.67. The van der Waals surface area contributed by atoms with Crippen molar-refractivity contribution >= 4 is 21.6 Å². The lowest BCUT2D eigenvalue weighted by atomic mass is 10.6. The summed E-state index contributed by atoms with van der Waals surface area (Å²) in [6.45, 7) is 2.53. The average molecular weight is 282 g/mol. The monoisotopic (exact) mass is 281 g/mol. The Kier molecular flexibility index (Phi) is 5.38. The van der Waals surface area contributed by atoms with Crippen molar-refractivity contribution in [3.05, 3.63) is 12.0 Å². The molecule has 0 aliphatic rings. The molecule has 98 valence electrons. The van der Waals surface area contributed by atoms with Crippen LogP contribution in [0.3, 0.4) is 0 Å². The first-order valence-corrected chi connectivity index (χ1v) is 7.06. The number of hydrogen-bond acceptors (Lipinski definition) is 4. The van der Waals surface area contributed by atoms with Gasteiger partial charge in [-0.25, -0.2) is 13.4 Å². The number of rotatable bonds is 7. The van der Waals surface area contributed by atoms with Crippen molar-refractivity contribution in [2.75, 3.05) is 32.7 Å². The number of halogens is 1. The second-order valence-electron chi connectivity index (χ2n) is 3.42. The van der Waals surface area contributed by atoms with Gasteiger partial charge in [-0.2, -0.15) is 4.31 Å². The Hall–Kier alpha value is -0.630. The van der Waals surface area contributed by atoms with E-state index < -0.39 is 10.0 Å². The molecule has 0 spiro atoms. The van der Waals surface area contributed by atoms with Crippen molar-refractivity contribution < 1.29 is 13.2 Å². The highest BCUT2D eigenvalue weighted by Crippen LogP contribution is 2.13. The molecule has 0 atom stereocenters. The summed E-state index contributed by atoms with van der Waals surface area (Å²) in [6.07, 6.45) is 1.30. The molecule has 0 aromatic carbocycles. The number of methoxy groups -OCH3 is 1. The Morgan fingerprint density at radius 2 is 2.24 bits per heavy atom. The Bertz CT molecular complexity index is 446. The minimum atomic E-state index is -3.56. The number of sulfonamides is 1. The van der Waals surface area contributed by atoms with Gasteiger partial charge in [-0.1, -0.05) is 0 Å². The van der Waals surface area contributed by atoms with E-state index in [1.54, 1.807) is 6.92 Å². The van der Waals surface area contributed by atoms with Crippen LogP contribution in [0, 0.1) is 6.92 Å². The quantitative estimate of drug-likeness (QED) is 0.743. The summed E-state index contributed by atoms with van der Waals surface area (Å²) in [6, 6.07) is 0.